The van der Waals surface area contributed by atoms with Crippen molar-refractivity contribution < 1.29 is 22.7 Å². The number of hydrogen-bond donors (Lipinski definition) is 2. The topological polar surface area (TPSA) is 141 Å². The van der Waals surface area contributed by atoms with Crippen LogP contribution in [0.3, 0.4) is 0 Å². The lowest BCUT2D eigenvalue weighted by Gasteiger charge is -2.34. The summed E-state index contributed by atoms with van der Waals surface area (Å²) in [7, 11) is -4.41. The molecule has 12 nitrogen and oxygen atoms in total. The van der Waals surface area contributed by atoms with E-state index in [0.717, 1.165) is 37.2 Å². The lowest BCUT2D eigenvalue weighted by molar-refractivity contribution is 0.0981. The van der Waals surface area contributed by atoms with Crippen LogP contribution >= 0.6 is 0 Å². The maximum Gasteiger partial charge on any atom is 0.282 e. The summed E-state index contributed by atoms with van der Waals surface area (Å²) in [5, 5.41) is 7.64. The average molecular weight is 724 g/mol. The van der Waals surface area contributed by atoms with E-state index in [1.54, 1.807) is 22.9 Å². The summed E-state index contributed by atoms with van der Waals surface area (Å²) in [6.45, 7) is 6.46. The van der Waals surface area contributed by atoms with Crippen LogP contribution in [0.15, 0.2) is 71.9 Å². The number of anilines is 2. The highest BCUT2D eigenvalue weighted by Gasteiger charge is 2.85. The van der Waals surface area contributed by atoms with Gasteiger partial charge in [-0.3, -0.25) is 4.79 Å². The molecule has 9 rings (SSSR count). The number of pyridine rings is 2. The van der Waals surface area contributed by atoms with Gasteiger partial charge in [-0.15, -0.1) is 5.10 Å². The van der Waals surface area contributed by atoms with Crippen LogP contribution in [0.5, 0.6) is 11.6 Å². The van der Waals surface area contributed by atoms with Crippen molar-refractivity contribution in [3.8, 4) is 17.4 Å². The zero-order valence-electron chi connectivity index (χ0n) is 29.7. The molecule has 3 aliphatic carbocycles. The van der Waals surface area contributed by atoms with E-state index in [1.807, 2.05) is 42.6 Å². The largest absolute Gasteiger partial charge is 0.489 e. The average Bonchev–Trinajstić information content (AvgIpc) is 4.08. The van der Waals surface area contributed by atoms with Crippen molar-refractivity contribution in [2.24, 2.45) is 22.7 Å². The second-order valence-electron chi connectivity index (χ2n) is 15.9. The number of sulfonamides is 1. The Morgan fingerprint density at radius 2 is 1.75 bits per heavy atom. The lowest BCUT2D eigenvalue weighted by Crippen LogP contribution is -2.41. The van der Waals surface area contributed by atoms with Crippen LogP contribution < -0.4 is 24.4 Å². The Morgan fingerprint density at radius 1 is 0.962 bits per heavy atom. The molecule has 1 atom stereocenters. The normalized spacial score (nSPS) is 23.2. The first-order valence-electron chi connectivity index (χ1n) is 18.5. The predicted molar refractivity (Wildman–Crippen MR) is 195 cm³/mol. The number of aromatic nitrogens is 4. The highest BCUT2D eigenvalue weighted by Crippen LogP contribution is 2.93. The highest BCUT2D eigenvalue weighted by molar-refractivity contribution is 7.90. The smallest absolute Gasteiger partial charge is 0.282 e. The van der Waals surface area contributed by atoms with Crippen LogP contribution in [0.4, 0.5) is 11.6 Å². The second kappa shape index (κ2) is 12.2. The Labute approximate surface area is 304 Å². The third kappa shape index (κ3) is 5.96. The summed E-state index contributed by atoms with van der Waals surface area (Å²) < 4.78 is 43.6. The first-order chi connectivity index (χ1) is 25.1. The van der Waals surface area contributed by atoms with Gasteiger partial charge in [0.15, 0.2) is 10.8 Å². The molecule has 13 heteroatoms. The quantitative estimate of drug-likeness (QED) is 0.218. The molecule has 4 fully saturated rings. The SMILES string of the molecule is CC1(C)C[C@@H]2CCCNc3cc(OCc4ccccc4)cc(n3)S(=O)(=O)NC(=O)c3ccc(-n4ccc(OCCC5C6(CC6)C56CC6)n4)nc3N1C2. The molecule has 5 heterocycles. The van der Waals surface area contributed by atoms with Gasteiger partial charge >= 0.3 is 0 Å². The summed E-state index contributed by atoms with van der Waals surface area (Å²) in [5.74, 6) is 2.51. The highest BCUT2D eigenvalue weighted by atomic mass is 32.2. The minimum atomic E-state index is -4.41. The Morgan fingerprint density at radius 3 is 2.52 bits per heavy atom. The zero-order chi connectivity index (χ0) is 35.7. The van der Waals surface area contributed by atoms with Crippen molar-refractivity contribution in [1.29, 1.82) is 0 Å². The molecule has 3 saturated carbocycles. The number of nitrogens with one attached hydrogen (secondary N) is 2. The first kappa shape index (κ1) is 33.2. The van der Waals surface area contributed by atoms with Crippen molar-refractivity contribution >= 4 is 27.6 Å². The second-order valence-corrected chi connectivity index (χ2v) is 17.6. The molecule has 3 aromatic heterocycles. The molecular weight excluding hydrogens is 679 g/mol. The fourth-order valence-electron chi connectivity index (χ4n) is 9.42. The summed E-state index contributed by atoms with van der Waals surface area (Å²) in [4.78, 5) is 25.5. The van der Waals surface area contributed by atoms with Gasteiger partial charge in [-0.25, -0.2) is 19.4 Å². The summed E-state index contributed by atoms with van der Waals surface area (Å²) in [6, 6.07) is 17.8. The van der Waals surface area contributed by atoms with Gasteiger partial charge in [0.1, 0.15) is 24.0 Å². The van der Waals surface area contributed by atoms with Gasteiger partial charge in [-0.2, -0.15) is 8.42 Å². The minimum absolute atomic E-state index is 0.154. The van der Waals surface area contributed by atoms with Crippen molar-refractivity contribution in [3.63, 3.8) is 0 Å². The van der Waals surface area contributed by atoms with Crippen molar-refractivity contribution in [2.75, 3.05) is 29.9 Å². The number of fused-ring (bicyclic) bond motifs is 7. The zero-order valence-corrected chi connectivity index (χ0v) is 30.5. The van der Waals surface area contributed by atoms with Crippen molar-refractivity contribution in [3.05, 3.63) is 78.0 Å². The maximum atomic E-state index is 14.0. The molecular formula is C39H45N7O5S. The number of carbonyl (C=O) groups excluding carboxylic acids is 1. The van der Waals surface area contributed by atoms with Gasteiger partial charge in [-0.05, 0) is 106 Å². The maximum absolute atomic E-state index is 14.0. The van der Waals surface area contributed by atoms with Gasteiger partial charge in [0.05, 0.1) is 12.2 Å². The van der Waals surface area contributed by atoms with Crippen molar-refractivity contribution in [1.82, 2.24) is 24.5 Å². The number of ether oxygens (including phenoxy) is 2. The summed E-state index contributed by atoms with van der Waals surface area (Å²) >= 11 is 0. The van der Waals surface area contributed by atoms with E-state index in [2.05, 4.69) is 38.9 Å². The monoisotopic (exact) mass is 723 g/mol. The molecule has 272 valence electrons. The van der Waals surface area contributed by atoms with Crippen LogP contribution in [0.2, 0.25) is 0 Å². The summed E-state index contributed by atoms with van der Waals surface area (Å²) in [6.07, 6.45) is 11.1. The van der Waals surface area contributed by atoms with Gasteiger partial charge in [-0.1, -0.05) is 30.3 Å². The van der Waals surface area contributed by atoms with Gasteiger partial charge in [0.25, 0.3) is 15.9 Å². The molecule has 1 amide bonds. The number of carbonyl (C=O) groups is 1. The fraction of sp³-hybridized carbons (Fsp3) is 0.487. The molecule has 1 aromatic carbocycles. The van der Waals surface area contributed by atoms with Gasteiger partial charge in [0, 0.05) is 43.0 Å². The van der Waals surface area contributed by atoms with Crippen LogP contribution in [-0.2, 0) is 16.6 Å². The molecule has 2 N–H and O–H groups in total. The molecule has 0 radical (unpaired) electrons. The summed E-state index contributed by atoms with van der Waals surface area (Å²) in [5.41, 5.74) is 2.07. The van der Waals surface area contributed by atoms with E-state index in [-0.39, 0.29) is 22.7 Å². The van der Waals surface area contributed by atoms with Crippen LogP contribution in [0, 0.1) is 22.7 Å². The Hall–Kier alpha value is -4.65. The molecule has 0 unspecified atom stereocenters. The Balaban J connectivity index is 0.987. The van der Waals surface area contributed by atoms with E-state index in [9.17, 15) is 13.2 Å². The third-order valence-corrected chi connectivity index (χ3v) is 13.4. The first-order valence-corrected chi connectivity index (χ1v) is 20.0. The van der Waals surface area contributed by atoms with E-state index in [0.29, 0.717) is 65.5 Å². The Kier molecular flexibility index (Phi) is 7.80. The number of nitrogens with zero attached hydrogens (tertiary/aromatic N) is 5. The standard InChI is InChI=1S/C39H45N7O5S/c1-37(2)23-27-9-6-18-40-31-21-28(51-25-26-7-4-3-5-8-26)22-34(41-31)52(48,49)44-36(47)29-10-11-32(42-35(29)45(37)24-27)46-19-12-33(43-46)50-20-13-30-38(14-15-38)39(30)16-17-39/h3-5,7-8,10-12,19,21-22,27,30H,6,9,13-18,20,23-25H2,1-2H3,(H,40,41)(H,44,47)/t27-/m0/s1. The number of hydrogen-bond acceptors (Lipinski definition) is 10. The number of rotatable bonds is 8. The third-order valence-electron chi connectivity index (χ3n) is 12.2. The minimum Gasteiger partial charge on any atom is -0.489 e. The van der Waals surface area contributed by atoms with E-state index < -0.39 is 15.9 Å². The van der Waals surface area contributed by atoms with Gasteiger partial charge in [0.2, 0.25) is 5.88 Å². The van der Waals surface area contributed by atoms with Crippen LogP contribution in [-0.4, -0.2) is 59.3 Å². The molecule has 5 aliphatic rings. The lowest BCUT2D eigenvalue weighted by atomic mass is 9.93. The molecule has 4 bridgehead atoms. The van der Waals surface area contributed by atoms with E-state index >= 15 is 0 Å². The molecule has 4 aromatic rings. The van der Waals surface area contributed by atoms with Crippen molar-refractivity contribution in [2.45, 2.75) is 82.4 Å². The Bertz CT molecular complexity index is 2110. The number of amides is 1. The predicted octanol–water partition coefficient (Wildman–Crippen LogP) is 6.13. The molecule has 2 spiro atoms. The molecule has 2 aliphatic heterocycles. The molecule has 1 saturated heterocycles. The van der Waals surface area contributed by atoms with Gasteiger partial charge < -0.3 is 19.7 Å². The van der Waals surface area contributed by atoms with Crippen LogP contribution in [0.25, 0.3) is 5.82 Å². The van der Waals surface area contributed by atoms with E-state index in [1.165, 1.54) is 31.7 Å². The van der Waals surface area contributed by atoms with E-state index in [4.69, 9.17) is 14.5 Å². The fourth-order valence-corrected chi connectivity index (χ4v) is 10.4. The molecule has 52 heavy (non-hydrogen) atoms. The van der Waals surface area contributed by atoms with Crippen LogP contribution in [0.1, 0.15) is 81.1 Å². The number of benzene rings is 1.